The summed E-state index contributed by atoms with van der Waals surface area (Å²) in [4.78, 5) is 15.2. The monoisotopic (exact) mass is 442 g/mol. The molecule has 0 saturated heterocycles. The summed E-state index contributed by atoms with van der Waals surface area (Å²) in [6.45, 7) is 6.84. The molecule has 3 rings (SSSR count). The number of carbonyl (C=O) groups excluding carboxylic acids is 1. The second-order valence-electron chi connectivity index (χ2n) is 8.95. The van der Waals surface area contributed by atoms with Crippen LogP contribution in [0.3, 0.4) is 0 Å². The molecule has 0 atom stereocenters. The number of hydrogen-bond donors (Lipinski definition) is 1. The number of nitrogens with zero attached hydrogens (tertiary/aromatic N) is 1. The first kappa shape index (κ1) is 24.6. The highest BCUT2D eigenvalue weighted by Gasteiger charge is 2.18. The Labute approximate surface area is 199 Å². The first-order chi connectivity index (χ1) is 16.1. The summed E-state index contributed by atoms with van der Waals surface area (Å²) in [5, 5.41) is 3.16. The van der Waals surface area contributed by atoms with Crippen molar-refractivity contribution in [3.8, 4) is 0 Å². The first-order valence-corrected chi connectivity index (χ1v) is 12.4. The van der Waals surface area contributed by atoms with Crippen LogP contribution in [-0.4, -0.2) is 6.03 Å². The zero-order chi connectivity index (χ0) is 23.5. The Balaban J connectivity index is 1.72. The molecule has 0 fully saturated rings. The number of rotatable bonds is 11. The SMILES string of the molecule is CCCCCCCCc1ccc(N(Cc2ccccc2)C(=O)Nc2c(C)cccc2C)cc1. The highest BCUT2D eigenvalue weighted by Crippen LogP contribution is 2.24. The molecule has 0 spiro atoms. The number of nitrogens with one attached hydrogen (secondary N) is 1. The van der Waals surface area contributed by atoms with Crippen LogP contribution in [0.2, 0.25) is 0 Å². The van der Waals surface area contributed by atoms with Gasteiger partial charge in [0.15, 0.2) is 0 Å². The van der Waals surface area contributed by atoms with Crippen molar-refractivity contribution in [3.63, 3.8) is 0 Å². The van der Waals surface area contributed by atoms with Gasteiger partial charge in [-0.1, -0.05) is 99.7 Å². The fraction of sp³-hybridized carbons (Fsp3) is 0.367. The van der Waals surface area contributed by atoms with Crippen LogP contribution in [0, 0.1) is 13.8 Å². The van der Waals surface area contributed by atoms with Crippen molar-refractivity contribution in [3.05, 3.63) is 95.1 Å². The number of carbonyl (C=O) groups is 1. The Kier molecular flexibility index (Phi) is 9.56. The molecule has 0 aromatic heterocycles. The number of hydrogen-bond acceptors (Lipinski definition) is 1. The Hall–Kier alpha value is -3.07. The van der Waals surface area contributed by atoms with E-state index in [9.17, 15) is 4.79 Å². The van der Waals surface area contributed by atoms with E-state index in [-0.39, 0.29) is 6.03 Å². The quantitative estimate of drug-likeness (QED) is 0.297. The summed E-state index contributed by atoms with van der Waals surface area (Å²) in [6.07, 6.45) is 8.92. The van der Waals surface area contributed by atoms with Crippen LogP contribution in [-0.2, 0) is 13.0 Å². The molecule has 2 amide bonds. The molecule has 0 heterocycles. The van der Waals surface area contributed by atoms with E-state index in [1.54, 1.807) is 0 Å². The average molecular weight is 443 g/mol. The molecule has 0 saturated carbocycles. The molecule has 33 heavy (non-hydrogen) atoms. The van der Waals surface area contributed by atoms with Crippen molar-refractivity contribution >= 4 is 17.4 Å². The summed E-state index contributed by atoms with van der Waals surface area (Å²) in [6, 6.07) is 24.6. The third kappa shape index (κ3) is 7.49. The van der Waals surface area contributed by atoms with Crippen LogP contribution in [0.4, 0.5) is 16.2 Å². The smallest absolute Gasteiger partial charge is 0.307 e. The lowest BCUT2D eigenvalue weighted by Gasteiger charge is -2.25. The van der Waals surface area contributed by atoms with Crippen molar-refractivity contribution in [1.29, 1.82) is 0 Å². The molecule has 0 aliphatic carbocycles. The lowest BCUT2D eigenvalue weighted by molar-refractivity contribution is 0.256. The predicted molar refractivity (Wildman–Crippen MR) is 141 cm³/mol. The topological polar surface area (TPSA) is 32.3 Å². The van der Waals surface area contributed by atoms with E-state index in [2.05, 4.69) is 48.6 Å². The molecule has 0 aliphatic rings. The molecule has 3 aromatic carbocycles. The fourth-order valence-corrected chi connectivity index (χ4v) is 4.18. The van der Waals surface area contributed by atoms with E-state index in [1.165, 1.54) is 44.1 Å². The second kappa shape index (κ2) is 12.8. The van der Waals surface area contributed by atoms with Crippen LogP contribution >= 0.6 is 0 Å². The van der Waals surface area contributed by atoms with Gasteiger partial charge in [-0.3, -0.25) is 4.90 Å². The van der Waals surface area contributed by atoms with E-state index in [1.807, 2.05) is 55.1 Å². The third-order valence-corrected chi connectivity index (χ3v) is 6.21. The fourth-order valence-electron chi connectivity index (χ4n) is 4.18. The van der Waals surface area contributed by atoms with Gasteiger partial charge in [0.1, 0.15) is 0 Å². The highest BCUT2D eigenvalue weighted by molar-refractivity contribution is 6.02. The lowest BCUT2D eigenvalue weighted by Crippen LogP contribution is -2.35. The van der Waals surface area contributed by atoms with Crippen LogP contribution in [0.15, 0.2) is 72.8 Å². The maximum atomic E-state index is 13.4. The van der Waals surface area contributed by atoms with E-state index in [0.29, 0.717) is 6.54 Å². The van der Waals surface area contributed by atoms with Gasteiger partial charge in [-0.15, -0.1) is 0 Å². The molecular formula is C30H38N2O. The van der Waals surface area contributed by atoms with Gasteiger partial charge in [-0.2, -0.15) is 0 Å². The van der Waals surface area contributed by atoms with Gasteiger partial charge >= 0.3 is 6.03 Å². The van der Waals surface area contributed by atoms with Crippen LogP contribution in [0.1, 0.15) is 67.7 Å². The maximum absolute atomic E-state index is 13.4. The van der Waals surface area contributed by atoms with Crippen molar-refractivity contribution in [2.75, 3.05) is 10.2 Å². The number of amides is 2. The minimum Gasteiger partial charge on any atom is -0.307 e. The zero-order valence-electron chi connectivity index (χ0n) is 20.4. The van der Waals surface area contributed by atoms with Crippen LogP contribution < -0.4 is 10.2 Å². The van der Waals surface area contributed by atoms with Crippen LogP contribution in [0.25, 0.3) is 0 Å². The lowest BCUT2D eigenvalue weighted by atomic mass is 10.0. The molecule has 3 aromatic rings. The van der Waals surface area contributed by atoms with Gasteiger partial charge in [0, 0.05) is 11.4 Å². The Bertz CT molecular complexity index is 975. The minimum absolute atomic E-state index is 0.111. The molecule has 0 unspecified atom stereocenters. The first-order valence-electron chi connectivity index (χ1n) is 12.4. The second-order valence-corrected chi connectivity index (χ2v) is 8.95. The van der Waals surface area contributed by atoms with Crippen molar-refractivity contribution < 1.29 is 4.79 Å². The van der Waals surface area contributed by atoms with E-state index in [0.717, 1.165) is 34.5 Å². The molecule has 3 heteroatoms. The van der Waals surface area contributed by atoms with Gasteiger partial charge in [0.05, 0.1) is 6.54 Å². The molecule has 0 bridgehead atoms. The number of para-hydroxylation sites is 1. The van der Waals surface area contributed by atoms with Crippen molar-refractivity contribution in [2.45, 2.75) is 72.3 Å². The summed E-state index contributed by atoms with van der Waals surface area (Å²) in [5.41, 5.74) is 6.37. The molecule has 0 radical (unpaired) electrons. The normalized spacial score (nSPS) is 10.8. The van der Waals surface area contributed by atoms with Gasteiger partial charge in [0.25, 0.3) is 0 Å². The van der Waals surface area contributed by atoms with Crippen molar-refractivity contribution in [2.24, 2.45) is 0 Å². The number of anilines is 2. The highest BCUT2D eigenvalue weighted by atomic mass is 16.2. The number of benzene rings is 3. The van der Waals surface area contributed by atoms with Gasteiger partial charge in [-0.05, 0) is 61.1 Å². The molecule has 174 valence electrons. The zero-order valence-corrected chi connectivity index (χ0v) is 20.4. The Morgan fingerprint density at radius 1 is 0.727 bits per heavy atom. The summed E-state index contributed by atoms with van der Waals surface area (Å²) in [7, 11) is 0. The maximum Gasteiger partial charge on any atom is 0.326 e. The average Bonchev–Trinajstić information content (AvgIpc) is 2.83. The third-order valence-electron chi connectivity index (χ3n) is 6.21. The molecule has 3 nitrogen and oxygen atoms in total. The summed E-state index contributed by atoms with van der Waals surface area (Å²) >= 11 is 0. The predicted octanol–water partition coefficient (Wildman–Crippen LogP) is 8.45. The Morgan fingerprint density at radius 3 is 2.03 bits per heavy atom. The largest absolute Gasteiger partial charge is 0.326 e. The number of aryl methyl sites for hydroxylation is 3. The minimum atomic E-state index is -0.111. The van der Waals surface area contributed by atoms with E-state index >= 15 is 0 Å². The van der Waals surface area contributed by atoms with Gasteiger partial charge in [-0.25, -0.2) is 4.79 Å². The van der Waals surface area contributed by atoms with E-state index < -0.39 is 0 Å². The standard InChI is InChI=1S/C30H38N2O/c1-4-5-6-7-8-10-16-26-19-21-28(22-20-26)32(23-27-17-11-9-12-18-27)30(33)31-29-24(2)14-13-15-25(29)3/h9,11-15,17-22H,4-8,10,16,23H2,1-3H3,(H,31,33). The van der Waals surface area contributed by atoms with E-state index in [4.69, 9.17) is 0 Å². The summed E-state index contributed by atoms with van der Waals surface area (Å²) < 4.78 is 0. The number of urea groups is 1. The molecule has 1 N–H and O–H groups in total. The molecule has 0 aliphatic heterocycles. The van der Waals surface area contributed by atoms with Gasteiger partial charge in [0.2, 0.25) is 0 Å². The Morgan fingerprint density at radius 2 is 1.36 bits per heavy atom. The molecular weight excluding hydrogens is 404 g/mol. The summed E-state index contributed by atoms with van der Waals surface area (Å²) in [5.74, 6) is 0. The van der Waals surface area contributed by atoms with Gasteiger partial charge < -0.3 is 5.32 Å². The van der Waals surface area contributed by atoms with Crippen LogP contribution in [0.5, 0.6) is 0 Å². The number of unbranched alkanes of at least 4 members (excludes halogenated alkanes) is 5. The van der Waals surface area contributed by atoms with Crippen molar-refractivity contribution in [1.82, 2.24) is 0 Å².